The van der Waals surface area contributed by atoms with Gasteiger partial charge in [0.25, 0.3) is 0 Å². The molecule has 0 aliphatic heterocycles. The van der Waals surface area contributed by atoms with Gasteiger partial charge in [-0.25, -0.2) is 4.39 Å². The van der Waals surface area contributed by atoms with Gasteiger partial charge in [-0.3, -0.25) is 0 Å². The topological polar surface area (TPSA) is 29.3 Å². The van der Waals surface area contributed by atoms with Gasteiger partial charge in [-0.1, -0.05) is 19.9 Å². The number of anilines is 1. The van der Waals surface area contributed by atoms with E-state index in [0.29, 0.717) is 17.5 Å². The van der Waals surface area contributed by atoms with Crippen LogP contribution in [0.1, 0.15) is 45.2 Å². The summed E-state index contributed by atoms with van der Waals surface area (Å²) in [7, 11) is 0. The zero-order chi connectivity index (χ0) is 13.3. The standard InChI is InChI=1S/C15H23FN2/c1-10(2)9-18(12-7-8-12)14-6-4-5-13(16)15(14)11(3)17/h4-6,10-12H,7-9,17H2,1-3H3/t11-/m0/s1. The van der Waals surface area contributed by atoms with E-state index in [4.69, 9.17) is 5.73 Å². The highest BCUT2D eigenvalue weighted by molar-refractivity contribution is 5.57. The second-order valence-electron chi connectivity index (χ2n) is 5.74. The molecule has 18 heavy (non-hydrogen) atoms. The fraction of sp³-hybridized carbons (Fsp3) is 0.600. The summed E-state index contributed by atoms with van der Waals surface area (Å²) < 4.78 is 14.0. The molecule has 1 saturated carbocycles. The maximum Gasteiger partial charge on any atom is 0.130 e. The van der Waals surface area contributed by atoms with Gasteiger partial charge in [-0.05, 0) is 37.8 Å². The van der Waals surface area contributed by atoms with E-state index < -0.39 is 0 Å². The first-order chi connectivity index (χ1) is 8.50. The number of nitrogens with two attached hydrogens (primary N) is 1. The smallest absolute Gasteiger partial charge is 0.130 e. The molecule has 3 heteroatoms. The quantitative estimate of drug-likeness (QED) is 0.867. The van der Waals surface area contributed by atoms with Gasteiger partial charge in [0.2, 0.25) is 0 Å². The summed E-state index contributed by atoms with van der Waals surface area (Å²) in [5.74, 6) is 0.381. The number of halogens is 1. The zero-order valence-electron chi connectivity index (χ0n) is 11.5. The lowest BCUT2D eigenvalue weighted by Crippen LogP contribution is -2.31. The predicted octanol–water partition coefficient (Wildman–Crippen LogP) is 3.47. The average molecular weight is 250 g/mol. The molecule has 0 heterocycles. The lowest BCUT2D eigenvalue weighted by Gasteiger charge is -2.30. The first-order valence-corrected chi connectivity index (χ1v) is 6.81. The molecule has 1 aromatic carbocycles. The van der Waals surface area contributed by atoms with E-state index in [1.54, 1.807) is 6.07 Å². The van der Waals surface area contributed by atoms with Crippen molar-refractivity contribution in [2.75, 3.05) is 11.4 Å². The molecule has 0 unspecified atom stereocenters. The third kappa shape index (κ3) is 2.83. The molecule has 2 rings (SSSR count). The van der Waals surface area contributed by atoms with E-state index in [2.05, 4.69) is 18.7 Å². The van der Waals surface area contributed by atoms with E-state index in [9.17, 15) is 4.39 Å². The van der Waals surface area contributed by atoms with Crippen molar-refractivity contribution in [3.63, 3.8) is 0 Å². The molecule has 1 atom stereocenters. The van der Waals surface area contributed by atoms with Crippen LogP contribution in [0.5, 0.6) is 0 Å². The van der Waals surface area contributed by atoms with Crippen LogP contribution in [0, 0.1) is 11.7 Å². The van der Waals surface area contributed by atoms with E-state index in [-0.39, 0.29) is 11.9 Å². The number of hydrogen-bond donors (Lipinski definition) is 1. The SMILES string of the molecule is CC(C)CN(c1cccc(F)c1[C@H](C)N)C1CC1. The van der Waals surface area contributed by atoms with Crippen molar-refractivity contribution in [2.24, 2.45) is 11.7 Å². The fourth-order valence-electron chi connectivity index (χ4n) is 2.45. The van der Waals surface area contributed by atoms with E-state index in [1.165, 1.54) is 18.9 Å². The van der Waals surface area contributed by atoms with Gasteiger partial charge >= 0.3 is 0 Å². The molecule has 1 aliphatic rings. The van der Waals surface area contributed by atoms with Crippen molar-refractivity contribution < 1.29 is 4.39 Å². The number of benzene rings is 1. The Morgan fingerprint density at radius 1 is 1.33 bits per heavy atom. The Balaban J connectivity index is 2.37. The Hall–Kier alpha value is -1.09. The normalized spacial score (nSPS) is 17.0. The molecule has 1 aliphatic carbocycles. The Kier molecular flexibility index (Phi) is 3.91. The summed E-state index contributed by atoms with van der Waals surface area (Å²) in [6, 6.07) is 5.60. The molecule has 0 radical (unpaired) electrons. The summed E-state index contributed by atoms with van der Waals surface area (Å²) in [6.45, 7) is 7.21. The van der Waals surface area contributed by atoms with Crippen LogP contribution in [-0.2, 0) is 0 Å². The van der Waals surface area contributed by atoms with Crippen LogP contribution in [0.15, 0.2) is 18.2 Å². The second-order valence-corrected chi connectivity index (χ2v) is 5.74. The molecule has 2 N–H and O–H groups in total. The van der Waals surface area contributed by atoms with E-state index in [0.717, 1.165) is 12.2 Å². The van der Waals surface area contributed by atoms with E-state index >= 15 is 0 Å². The summed E-state index contributed by atoms with van der Waals surface area (Å²) in [5, 5.41) is 0. The van der Waals surface area contributed by atoms with Crippen molar-refractivity contribution in [1.29, 1.82) is 0 Å². The number of nitrogens with zero attached hydrogens (tertiary/aromatic N) is 1. The Bertz CT molecular complexity index is 411. The highest BCUT2D eigenvalue weighted by Crippen LogP contribution is 2.36. The van der Waals surface area contributed by atoms with Crippen molar-refractivity contribution in [2.45, 2.75) is 45.7 Å². The highest BCUT2D eigenvalue weighted by Gasteiger charge is 2.31. The van der Waals surface area contributed by atoms with Crippen LogP contribution < -0.4 is 10.6 Å². The molecule has 0 saturated heterocycles. The Morgan fingerprint density at radius 3 is 2.50 bits per heavy atom. The predicted molar refractivity (Wildman–Crippen MR) is 74.2 cm³/mol. The van der Waals surface area contributed by atoms with Gasteiger partial charge in [-0.2, -0.15) is 0 Å². The second kappa shape index (κ2) is 5.27. The van der Waals surface area contributed by atoms with Crippen molar-refractivity contribution in [3.8, 4) is 0 Å². The lowest BCUT2D eigenvalue weighted by atomic mass is 10.0. The van der Waals surface area contributed by atoms with Crippen LogP contribution in [0.4, 0.5) is 10.1 Å². The van der Waals surface area contributed by atoms with Crippen LogP contribution in [0.25, 0.3) is 0 Å². The molecular formula is C15H23FN2. The number of hydrogen-bond acceptors (Lipinski definition) is 2. The molecule has 0 aromatic heterocycles. The molecule has 100 valence electrons. The summed E-state index contributed by atoms with van der Waals surface area (Å²) >= 11 is 0. The zero-order valence-corrected chi connectivity index (χ0v) is 11.5. The summed E-state index contributed by atoms with van der Waals surface area (Å²) in [4.78, 5) is 2.34. The van der Waals surface area contributed by atoms with Crippen LogP contribution in [-0.4, -0.2) is 12.6 Å². The van der Waals surface area contributed by atoms with Crippen molar-refractivity contribution in [3.05, 3.63) is 29.6 Å². The van der Waals surface area contributed by atoms with Crippen LogP contribution in [0.3, 0.4) is 0 Å². The molecule has 2 nitrogen and oxygen atoms in total. The molecule has 0 spiro atoms. The van der Waals surface area contributed by atoms with Gasteiger partial charge in [-0.15, -0.1) is 0 Å². The third-order valence-corrected chi connectivity index (χ3v) is 3.34. The maximum absolute atomic E-state index is 14.0. The first-order valence-electron chi connectivity index (χ1n) is 6.81. The molecule has 0 amide bonds. The van der Waals surface area contributed by atoms with E-state index in [1.807, 2.05) is 13.0 Å². The van der Waals surface area contributed by atoms with Gasteiger partial charge < -0.3 is 10.6 Å². The number of rotatable bonds is 5. The van der Waals surface area contributed by atoms with Crippen LogP contribution >= 0.6 is 0 Å². The summed E-state index contributed by atoms with van der Waals surface area (Å²) in [6.07, 6.45) is 2.42. The van der Waals surface area contributed by atoms with Gasteiger partial charge in [0.05, 0.1) is 0 Å². The Labute approximate surface area is 109 Å². The van der Waals surface area contributed by atoms with Crippen LogP contribution in [0.2, 0.25) is 0 Å². The fourth-order valence-corrected chi connectivity index (χ4v) is 2.45. The molecule has 1 fully saturated rings. The van der Waals surface area contributed by atoms with Crippen molar-refractivity contribution in [1.82, 2.24) is 0 Å². The minimum Gasteiger partial charge on any atom is -0.368 e. The monoisotopic (exact) mass is 250 g/mol. The minimum absolute atomic E-state index is 0.183. The average Bonchev–Trinajstić information content (AvgIpc) is 3.08. The van der Waals surface area contributed by atoms with Crippen molar-refractivity contribution >= 4 is 5.69 Å². The minimum atomic E-state index is -0.269. The Morgan fingerprint density at radius 2 is 2.00 bits per heavy atom. The third-order valence-electron chi connectivity index (χ3n) is 3.34. The largest absolute Gasteiger partial charge is 0.368 e. The van der Waals surface area contributed by atoms with Gasteiger partial charge in [0.1, 0.15) is 5.82 Å². The maximum atomic E-state index is 14.0. The van der Waals surface area contributed by atoms with Gasteiger partial charge in [0, 0.05) is 29.9 Å². The first kappa shape index (κ1) is 13.3. The van der Waals surface area contributed by atoms with Gasteiger partial charge in [0.15, 0.2) is 0 Å². The highest BCUT2D eigenvalue weighted by atomic mass is 19.1. The molecule has 1 aromatic rings. The molecule has 0 bridgehead atoms. The molecular weight excluding hydrogens is 227 g/mol. The lowest BCUT2D eigenvalue weighted by molar-refractivity contribution is 0.577. The summed E-state index contributed by atoms with van der Waals surface area (Å²) in [5.41, 5.74) is 7.58.